The van der Waals surface area contributed by atoms with Crippen molar-refractivity contribution in [3.63, 3.8) is 0 Å². The summed E-state index contributed by atoms with van der Waals surface area (Å²) in [5, 5.41) is 5.55. The number of rotatable bonds is 6. The molecular weight excluding hydrogens is 397 g/mol. The molecule has 0 bridgehead atoms. The Morgan fingerprint density at radius 1 is 1.00 bits per heavy atom. The average Bonchev–Trinajstić information content (AvgIpc) is 2.75. The first-order chi connectivity index (χ1) is 14.8. The first-order valence-corrected chi connectivity index (χ1v) is 10.0. The second kappa shape index (κ2) is 9.38. The van der Waals surface area contributed by atoms with Gasteiger partial charge in [0.15, 0.2) is 0 Å². The summed E-state index contributed by atoms with van der Waals surface area (Å²) in [5.74, 6) is -1.34. The molecule has 0 aliphatic carbocycles. The van der Waals surface area contributed by atoms with Crippen LogP contribution in [0.15, 0.2) is 65.6 Å². The summed E-state index contributed by atoms with van der Waals surface area (Å²) < 4.78 is 14.5. The molecule has 160 valence electrons. The molecule has 31 heavy (non-hydrogen) atoms. The van der Waals surface area contributed by atoms with E-state index in [1.807, 2.05) is 13.8 Å². The maximum Gasteiger partial charge on any atom is 0.268 e. The monoisotopic (exact) mass is 421 g/mol. The van der Waals surface area contributed by atoms with Crippen LogP contribution in [0.3, 0.4) is 0 Å². The van der Waals surface area contributed by atoms with E-state index in [1.165, 1.54) is 28.8 Å². The van der Waals surface area contributed by atoms with Crippen LogP contribution in [0.2, 0.25) is 0 Å². The fourth-order valence-electron chi connectivity index (χ4n) is 3.03. The highest BCUT2D eigenvalue weighted by molar-refractivity contribution is 6.08. The third-order valence-corrected chi connectivity index (χ3v) is 5.13. The summed E-state index contributed by atoms with van der Waals surface area (Å²) in [7, 11) is 0. The predicted octanol–water partition coefficient (Wildman–Crippen LogP) is 4.52. The van der Waals surface area contributed by atoms with Crippen molar-refractivity contribution in [3.8, 4) is 5.69 Å². The summed E-state index contributed by atoms with van der Waals surface area (Å²) in [6, 6.07) is 13.9. The minimum absolute atomic E-state index is 0.0325. The third-order valence-electron chi connectivity index (χ3n) is 5.13. The van der Waals surface area contributed by atoms with Crippen molar-refractivity contribution in [1.29, 1.82) is 0 Å². The lowest BCUT2D eigenvalue weighted by molar-refractivity contribution is -0.119. The molecule has 2 aromatic carbocycles. The van der Waals surface area contributed by atoms with E-state index in [1.54, 1.807) is 43.5 Å². The standard InChI is InChI=1S/C24H24FN3O3/c1-4-15(2)22(29)26-19-7-5-6-8-20(19)27-23(30)21-16(3)13-14-28(24(21)31)18-11-9-17(25)10-12-18/h5-15H,4H2,1-3H3,(H,26,29)(H,27,30). The number of halogens is 1. The molecule has 0 saturated carbocycles. The fraction of sp³-hybridized carbons (Fsp3) is 0.208. The highest BCUT2D eigenvalue weighted by Gasteiger charge is 2.19. The van der Waals surface area contributed by atoms with Crippen LogP contribution in [0.5, 0.6) is 0 Å². The van der Waals surface area contributed by atoms with E-state index in [-0.39, 0.29) is 17.4 Å². The van der Waals surface area contributed by atoms with Crippen LogP contribution in [0.4, 0.5) is 15.8 Å². The van der Waals surface area contributed by atoms with Crippen LogP contribution in [0.25, 0.3) is 5.69 Å². The van der Waals surface area contributed by atoms with Gasteiger partial charge in [-0.3, -0.25) is 19.0 Å². The zero-order valence-corrected chi connectivity index (χ0v) is 17.6. The van der Waals surface area contributed by atoms with Gasteiger partial charge in [0, 0.05) is 17.8 Å². The van der Waals surface area contributed by atoms with Crippen molar-refractivity contribution in [2.24, 2.45) is 5.92 Å². The molecule has 7 heteroatoms. The number of anilines is 2. The number of carbonyl (C=O) groups is 2. The molecular formula is C24H24FN3O3. The lowest BCUT2D eigenvalue weighted by Crippen LogP contribution is -2.29. The van der Waals surface area contributed by atoms with Crippen LogP contribution < -0.4 is 16.2 Å². The number of pyridine rings is 1. The Morgan fingerprint density at radius 3 is 2.23 bits per heavy atom. The van der Waals surface area contributed by atoms with Gasteiger partial charge in [-0.2, -0.15) is 0 Å². The number of para-hydroxylation sites is 2. The number of aromatic nitrogens is 1. The minimum atomic E-state index is -0.593. The fourth-order valence-corrected chi connectivity index (χ4v) is 3.03. The molecule has 0 aliphatic heterocycles. The highest BCUT2D eigenvalue weighted by Crippen LogP contribution is 2.23. The summed E-state index contributed by atoms with van der Waals surface area (Å²) in [5.41, 5.74) is 1.23. The van der Waals surface area contributed by atoms with Crippen molar-refractivity contribution in [3.05, 3.63) is 88.1 Å². The number of carbonyl (C=O) groups excluding carboxylic acids is 2. The zero-order chi connectivity index (χ0) is 22.5. The smallest absolute Gasteiger partial charge is 0.268 e. The average molecular weight is 421 g/mol. The molecule has 1 aromatic heterocycles. The van der Waals surface area contributed by atoms with Crippen LogP contribution in [-0.4, -0.2) is 16.4 Å². The maximum atomic E-state index is 13.2. The second-order valence-corrected chi connectivity index (χ2v) is 7.32. The van der Waals surface area contributed by atoms with Gasteiger partial charge < -0.3 is 10.6 Å². The Morgan fingerprint density at radius 2 is 1.61 bits per heavy atom. The van der Waals surface area contributed by atoms with E-state index in [9.17, 15) is 18.8 Å². The van der Waals surface area contributed by atoms with Crippen LogP contribution in [0.1, 0.15) is 36.2 Å². The number of nitrogens with one attached hydrogen (secondary N) is 2. The second-order valence-electron chi connectivity index (χ2n) is 7.32. The quantitative estimate of drug-likeness (QED) is 0.614. The maximum absolute atomic E-state index is 13.2. The highest BCUT2D eigenvalue weighted by atomic mass is 19.1. The Kier molecular flexibility index (Phi) is 6.65. The Labute approximate surface area is 179 Å². The molecule has 3 aromatic rings. The number of nitrogens with zero attached hydrogens (tertiary/aromatic N) is 1. The minimum Gasteiger partial charge on any atom is -0.324 e. The van der Waals surface area contributed by atoms with Crippen molar-refractivity contribution >= 4 is 23.2 Å². The van der Waals surface area contributed by atoms with E-state index in [4.69, 9.17) is 0 Å². The van der Waals surface area contributed by atoms with Crippen molar-refractivity contribution in [1.82, 2.24) is 4.57 Å². The SMILES string of the molecule is CCC(C)C(=O)Nc1ccccc1NC(=O)c1c(C)ccn(-c2ccc(F)cc2)c1=O. The third kappa shape index (κ3) is 4.88. The van der Waals surface area contributed by atoms with E-state index >= 15 is 0 Å². The normalized spacial score (nSPS) is 11.6. The van der Waals surface area contributed by atoms with Crippen LogP contribution >= 0.6 is 0 Å². The summed E-state index contributed by atoms with van der Waals surface area (Å²) in [4.78, 5) is 38.3. The first-order valence-electron chi connectivity index (χ1n) is 10.0. The van der Waals surface area contributed by atoms with E-state index < -0.39 is 17.3 Å². The number of hydrogen-bond donors (Lipinski definition) is 2. The van der Waals surface area contributed by atoms with Gasteiger partial charge in [-0.1, -0.05) is 26.0 Å². The number of aryl methyl sites for hydroxylation is 1. The van der Waals surface area contributed by atoms with Gasteiger partial charge in [-0.25, -0.2) is 4.39 Å². The number of hydrogen-bond acceptors (Lipinski definition) is 3. The molecule has 3 rings (SSSR count). The summed E-state index contributed by atoms with van der Waals surface area (Å²) in [6.45, 7) is 5.41. The molecule has 1 unspecified atom stereocenters. The molecule has 0 spiro atoms. The van der Waals surface area contributed by atoms with Crippen molar-refractivity contribution in [2.75, 3.05) is 10.6 Å². The lowest BCUT2D eigenvalue weighted by Gasteiger charge is -2.15. The van der Waals surface area contributed by atoms with E-state index in [0.717, 1.165) is 0 Å². The Balaban J connectivity index is 1.93. The Hall–Kier alpha value is -3.74. The van der Waals surface area contributed by atoms with E-state index in [2.05, 4.69) is 10.6 Å². The number of benzene rings is 2. The summed E-state index contributed by atoms with van der Waals surface area (Å²) >= 11 is 0. The van der Waals surface area contributed by atoms with Crippen molar-refractivity contribution < 1.29 is 14.0 Å². The first kappa shape index (κ1) is 22.0. The van der Waals surface area contributed by atoms with Crippen LogP contribution in [0, 0.1) is 18.7 Å². The topological polar surface area (TPSA) is 80.2 Å². The van der Waals surface area contributed by atoms with Gasteiger partial charge >= 0.3 is 0 Å². The number of amides is 2. The largest absolute Gasteiger partial charge is 0.324 e. The molecule has 0 aliphatic rings. The molecule has 1 heterocycles. The molecule has 2 N–H and O–H groups in total. The van der Waals surface area contributed by atoms with Gasteiger partial charge in [0.25, 0.3) is 11.5 Å². The van der Waals surface area contributed by atoms with Crippen LogP contribution in [-0.2, 0) is 4.79 Å². The van der Waals surface area contributed by atoms with E-state index in [0.29, 0.717) is 29.0 Å². The van der Waals surface area contributed by atoms with Gasteiger partial charge in [0.1, 0.15) is 11.4 Å². The van der Waals surface area contributed by atoms with Gasteiger partial charge in [-0.15, -0.1) is 0 Å². The molecule has 0 fully saturated rings. The molecule has 6 nitrogen and oxygen atoms in total. The molecule has 0 saturated heterocycles. The lowest BCUT2D eigenvalue weighted by atomic mass is 10.1. The zero-order valence-electron chi connectivity index (χ0n) is 17.6. The van der Waals surface area contributed by atoms with Gasteiger partial charge in [0.05, 0.1) is 11.4 Å². The molecule has 0 radical (unpaired) electrons. The Bertz CT molecular complexity index is 1170. The summed E-state index contributed by atoms with van der Waals surface area (Å²) in [6.07, 6.45) is 2.23. The molecule has 2 amide bonds. The molecule has 1 atom stereocenters. The van der Waals surface area contributed by atoms with Crippen molar-refractivity contribution in [2.45, 2.75) is 27.2 Å². The van der Waals surface area contributed by atoms with Gasteiger partial charge in [-0.05, 0) is 61.4 Å². The predicted molar refractivity (Wildman–Crippen MR) is 119 cm³/mol. The van der Waals surface area contributed by atoms with Gasteiger partial charge in [0.2, 0.25) is 5.91 Å².